The molecule has 126 valence electrons. The van der Waals surface area contributed by atoms with Crippen LogP contribution < -0.4 is 0 Å². The highest BCUT2D eigenvalue weighted by Crippen LogP contribution is 2.30. The van der Waals surface area contributed by atoms with E-state index in [0.29, 0.717) is 0 Å². The van der Waals surface area contributed by atoms with E-state index in [1.54, 1.807) is 0 Å². The Kier molecular flexibility index (Phi) is 13.2. The molecule has 1 heteroatoms. The van der Waals surface area contributed by atoms with Gasteiger partial charge in [0.25, 0.3) is 0 Å². The molecule has 3 unspecified atom stereocenters. The van der Waals surface area contributed by atoms with Crippen molar-refractivity contribution in [2.45, 2.75) is 86.5 Å². The predicted molar refractivity (Wildman–Crippen MR) is 95.7 cm³/mol. The van der Waals surface area contributed by atoms with Gasteiger partial charge in [-0.2, -0.15) is 0 Å². The Morgan fingerprint density at radius 3 is 2.52 bits per heavy atom. The van der Waals surface area contributed by atoms with Crippen molar-refractivity contribution in [2.24, 2.45) is 17.8 Å². The van der Waals surface area contributed by atoms with Gasteiger partial charge in [-0.15, -0.1) is 0 Å². The minimum atomic E-state index is 0.828. The number of hydrogen-bond acceptors (Lipinski definition) is 1. The molecular formula is C20H40O. The van der Waals surface area contributed by atoms with Crippen molar-refractivity contribution in [1.82, 2.24) is 0 Å². The maximum absolute atomic E-state index is 5.60. The van der Waals surface area contributed by atoms with Crippen molar-refractivity contribution in [2.75, 3.05) is 13.2 Å². The molecule has 0 amide bonds. The van der Waals surface area contributed by atoms with Crippen LogP contribution in [0.25, 0.3) is 0 Å². The van der Waals surface area contributed by atoms with Gasteiger partial charge in [0.05, 0.1) is 0 Å². The number of hydrogen-bond donors (Lipinski definition) is 0. The zero-order chi connectivity index (χ0) is 16.1. The second-order valence-corrected chi connectivity index (χ2v) is 6.69. The van der Waals surface area contributed by atoms with Gasteiger partial charge in [0.15, 0.2) is 0 Å². The van der Waals surface area contributed by atoms with E-state index in [4.69, 9.17) is 4.74 Å². The van der Waals surface area contributed by atoms with Gasteiger partial charge in [-0.3, -0.25) is 0 Å². The second kappa shape index (κ2) is 13.4. The van der Waals surface area contributed by atoms with Crippen LogP contribution >= 0.6 is 0 Å². The second-order valence-electron chi connectivity index (χ2n) is 6.69. The van der Waals surface area contributed by atoms with Crippen LogP contribution in [0.1, 0.15) is 86.5 Å². The van der Waals surface area contributed by atoms with Gasteiger partial charge >= 0.3 is 0 Å². The van der Waals surface area contributed by atoms with Crippen molar-refractivity contribution < 1.29 is 4.74 Å². The molecule has 0 bridgehead atoms. The Bertz CT molecular complexity index is 253. The normalized spacial score (nSPS) is 23.0. The van der Waals surface area contributed by atoms with Gasteiger partial charge < -0.3 is 4.74 Å². The molecule has 0 aromatic rings. The van der Waals surface area contributed by atoms with E-state index in [2.05, 4.69) is 33.8 Å². The van der Waals surface area contributed by atoms with Crippen LogP contribution in [0.2, 0.25) is 0 Å². The fraction of sp³-hybridized carbons (Fsp3) is 0.900. The lowest BCUT2D eigenvalue weighted by atomic mass is 9.82. The molecule has 0 radical (unpaired) electrons. The fourth-order valence-electron chi connectivity index (χ4n) is 3.20. The third kappa shape index (κ3) is 10.1. The first-order valence-electron chi connectivity index (χ1n) is 9.34. The topological polar surface area (TPSA) is 9.23 Å². The quantitative estimate of drug-likeness (QED) is 0.457. The highest BCUT2D eigenvalue weighted by Gasteiger charge is 2.23. The molecule has 1 nitrogen and oxygen atoms in total. The van der Waals surface area contributed by atoms with Crippen molar-refractivity contribution in [3.8, 4) is 0 Å². The molecule has 21 heavy (non-hydrogen) atoms. The van der Waals surface area contributed by atoms with Crippen molar-refractivity contribution >= 4 is 0 Å². The SMILES string of the molecule is CC.CCC1COCCC1CCCC(C)CCC=C(C)C. The van der Waals surface area contributed by atoms with E-state index in [1.165, 1.54) is 50.5 Å². The Morgan fingerprint density at radius 2 is 1.90 bits per heavy atom. The summed E-state index contributed by atoms with van der Waals surface area (Å²) in [5.74, 6) is 2.65. The Balaban J connectivity index is 0.00000191. The molecule has 1 saturated heterocycles. The summed E-state index contributed by atoms with van der Waals surface area (Å²) in [5, 5.41) is 0. The highest BCUT2D eigenvalue weighted by molar-refractivity contribution is 4.92. The van der Waals surface area contributed by atoms with Gasteiger partial charge in [0, 0.05) is 13.2 Å². The van der Waals surface area contributed by atoms with Crippen LogP contribution in [-0.2, 0) is 4.74 Å². The molecule has 0 aliphatic carbocycles. The molecule has 1 heterocycles. The summed E-state index contributed by atoms with van der Waals surface area (Å²) >= 11 is 0. The van der Waals surface area contributed by atoms with Gasteiger partial charge in [-0.25, -0.2) is 0 Å². The third-order valence-corrected chi connectivity index (χ3v) is 4.64. The molecule has 1 aliphatic heterocycles. The van der Waals surface area contributed by atoms with E-state index < -0.39 is 0 Å². The summed E-state index contributed by atoms with van der Waals surface area (Å²) in [5.41, 5.74) is 1.46. The van der Waals surface area contributed by atoms with Crippen LogP contribution in [0.3, 0.4) is 0 Å². The van der Waals surface area contributed by atoms with Crippen LogP contribution in [-0.4, -0.2) is 13.2 Å². The molecule has 0 saturated carbocycles. The molecule has 1 rings (SSSR count). The molecule has 1 aliphatic rings. The summed E-state index contributed by atoms with van der Waals surface area (Å²) < 4.78 is 5.60. The van der Waals surface area contributed by atoms with Gasteiger partial charge in [-0.1, -0.05) is 65.0 Å². The van der Waals surface area contributed by atoms with Crippen molar-refractivity contribution in [3.63, 3.8) is 0 Å². The van der Waals surface area contributed by atoms with Gasteiger partial charge in [0.1, 0.15) is 0 Å². The molecule has 0 N–H and O–H groups in total. The zero-order valence-corrected chi connectivity index (χ0v) is 15.6. The lowest BCUT2D eigenvalue weighted by Gasteiger charge is -2.31. The van der Waals surface area contributed by atoms with Crippen LogP contribution in [0.15, 0.2) is 11.6 Å². The third-order valence-electron chi connectivity index (χ3n) is 4.64. The van der Waals surface area contributed by atoms with Gasteiger partial charge in [0.2, 0.25) is 0 Å². The van der Waals surface area contributed by atoms with Gasteiger partial charge in [-0.05, 0) is 50.9 Å². The van der Waals surface area contributed by atoms with E-state index in [1.807, 2.05) is 13.8 Å². The Hall–Kier alpha value is -0.300. The first kappa shape index (κ1) is 20.7. The van der Waals surface area contributed by atoms with E-state index >= 15 is 0 Å². The maximum atomic E-state index is 5.60. The van der Waals surface area contributed by atoms with E-state index in [-0.39, 0.29) is 0 Å². The standard InChI is InChI=1S/C18H34O.C2H6/c1-5-17-14-19-13-12-18(17)11-7-10-16(4)9-6-8-15(2)3;1-2/h8,16-18H,5-7,9-14H2,1-4H3;1-2H3. The summed E-state index contributed by atoms with van der Waals surface area (Å²) in [6.45, 7) is 15.1. The minimum absolute atomic E-state index is 0.828. The first-order chi connectivity index (χ1) is 10.1. The zero-order valence-electron chi connectivity index (χ0n) is 15.6. The largest absolute Gasteiger partial charge is 0.381 e. The van der Waals surface area contributed by atoms with E-state index in [0.717, 1.165) is 31.0 Å². The smallest absolute Gasteiger partial charge is 0.0496 e. The summed E-state index contributed by atoms with van der Waals surface area (Å²) in [6.07, 6.45) is 11.8. The minimum Gasteiger partial charge on any atom is -0.381 e. The molecule has 0 aromatic heterocycles. The lowest BCUT2D eigenvalue weighted by molar-refractivity contribution is 0.0115. The number of ether oxygens (including phenoxy) is 1. The highest BCUT2D eigenvalue weighted by atomic mass is 16.5. The van der Waals surface area contributed by atoms with E-state index in [9.17, 15) is 0 Å². The van der Waals surface area contributed by atoms with Crippen LogP contribution in [0.5, 0.6) is 0 Å². The van der Waals surface area contributed by atoms with Crippen molar-refractivity contribution in [3.05, 3.63) is 11.6 Å². The number of rotatable bonds is 8. The molecular weight excluding hydrogens is 256 g/mol. The Labute approximate surface area is 134 Å². The summed E-state index contributed by atoms with van der Waals surface area (Å²) in [6, 6.07) is 0. The molecule has 3 atom stereocenters. The van der Waals surface area contributed by atoms with Crippen molar-refractivity contribution in [1.29, 1.82) is 0 Å². The van der Waals surface area contributed by atoms with Crippen LogP contribution in [0.4, 0.5) is 0 Å². The molecule has 1 fully saturated rings. The predicted octanol–water partition coefficient (Wildman–Crippen LogP) is 6.63. The average molecular weight is 297 g/mol. The molecule has 0 aromatic carbocycles. The summed E-state index contributed by atoms with van der Waals surface area (Å²) in [7, 11) is 0. The fourth-order valence-corrected chi connectivity index (χ4v) is 3.20. The average Bonchev–Trinajstić information content (AvgIpc) is 2.49. The monoisotopic (exact) mass is 296 g/mol. The van der Waals surface area contributed by atoms with Crippen LogP contribution in [0, 0.1) is 17.8 Å². The first-order valence-corrected chi connectivity index (χ1v) is 9.34. The maximum Gasteiger partial charge on any atom is 0.0496 e. The number of allylic oxidation sites excluding steroid dienone is 2. The molecule has 0 spiro atoms. The Morgan fingerprint density at radius 1 is 1.19 bits per heavy atom. The lowest BCUT2D eigenvalue weighted by Crippen LogP contribution is -2.27. The summed E-state index contributed by atoms with van der Waals surface area (Å²) in [4.78, 5) is 0.